The Morgan fingerprint density at radius 3 is 2.29 bits per heavy atom. The molecule has 3 aromatic rings. The molecule has 2 aromatic carbocycles. The number of aliphatic carboxylic acids is 1. The molecule has 1 heterocycles. The average molecular weight is 440 g/mol. The zero-order valence-corrected chi connectivity index (χ0v) is 16.9. The van der Waals surface area contributed by atoms with Crippen LogP contribution in [0.4, 0.5) is 0 Å². The number of hydrogen-bond acceptors (Lipinski definition) is 5. The first-order chi connectivity index (χ1) is 14.8. The maximum absolute atomic E-state index is 12.5. The van der Waals surface area contributed by atoms with Gasteiger partial charge in [0, 0.05) is 17.1 Å². The van der Waals surface area contributed by atoms with Crippen molar-refractivity contribution in [3.8, 4) is 11.1 Å². The van der Waals surface area contributed by atoms with Gasteiger partial charge in [-0.15, -0.1) is 0 Å². The molecular formula is C22H18ClN3O5. The van der Waals surface area contributed by atoms with Gasteiger partial charge in [-0.05, 0) is 35.2 Å². The van der Waals surface area contributed by atoms with Crippen molar-refractivity contribution >= 4 is 29.4 Å². The number of hydrogen-bond donors (Lipinski definition) is 3. The molecule has 0 saturated heterocycles. The molecule has 0 radical (unpaired) electrons. The third-order valence-electron chi connectivity index (χ3n) is 4.47. The minimum absolute atomic E-state index is 0.154. The fraction of sp³-hybridized carbons (Fsp3) is 0.136. The summed E-state index contributed by atoms with van der Waals surface area (Å²) in [6.45, 7) is 0. The van der Waals surface area contributed by atoms with Gasteiger partial charge in [0.15, 0.2) is 5.69 Å². The molecule has 0 spiro atoms. The molecule has 31 heavy (non-hydrogen) atoms. The predicted molar refractivity (Wildman–Crippen MR) is 113 cm³/mol. The van der Waals surface area contributed by atoms with E-state index in [0.717, 1.165) is 29.1 Å². The van der Waals surface area contributed by atoms with Gasteiger partial charge < -0.3 is 15.5 Å². The molecule has 0 bridgehead atoms. The van der Waals surface area contributed by atoms with Crippen LogP contribution in [0.15, 0.2) is 60.9 Å². The summed E-state index contributed by atoms with van der Waals surface area (Å²) < 4.78 is 0. The van der Waals surface area contributed by atoms with Gasteiger partial charge in [-0.25, -0.2) is 14.8 Å². The van der Waals surface area contributed by atoms with Crippen LogP contribution in [0.2, 0.25) is 5.02 Å². The lowest BCUT2D eigenvalue weighted by Crippen LogP contribution is -2.38. The summed E-state index contributed by atoms with van der Waals surface area (Å²) in [5.41, 5.74) is 2.25. The molecule has 1 aromatic heterocycles. The van der Waals surface area contributed by atoms with Gasteiger partial charge >= 0.3 is 11.9 Å². The van der Waals surface area contributed by atoms with Crippen LogP contribution in [0.1, 0.15) is 33.0 Å². The van der Waals surface area contributed by atoms with Gasteiger partial charge in [0.2, 0.25) is 0 Å². The number of carbonyl (C=O) groups is 3. The number of benzene rings is 2. The molecular weight excluding hydrogens is 422 g/mol. The first-order valence-corrected chi connectivity index (χ1v) is 9.62. The van der Waals surface area contributed by atoms with E-state index >= 15 is 0 Å². The van der Waals surface area contributed by atoms with Gasteiger partial charge in [0.05, 0.1) is 6.42 Å². The summed E-state index contributed by atoms with van der Waals surface area (Å²) in [5.74, 6) is -3.04. The van der Waals surface area contributed by atoms with Crippen molar-refractivity contribution in [2.24, 2.45) is 0 Å². The number of aromatic carboxylic acids is 1. The molecule has 3 rings (SSSR count). The Morgan fingerprint density at radius 1 is 0.935 bits per heavy atom. The van der Waals surface area contributed by atoms with E-state index < -0.39 is 23.9 Å². The van der Waals surface area contributed by atoms with E-state index in [1.165, 1.54) is 0 Å². The second kappa shape index (κ2) is 9.82. The molecule has 3 N–H and O–H groups in total. The van der Waals surface area contributed by atoms with E-state index in [0.29, 0.717) is 5.02 Å². The monoisotopic (exact) mass is 439 g/mol. The summed E-state index contributed by atoms with van der Waals surface area (Å²) >= 11 is 6.03. The van der Waals surface area contributed by atoms with E-state index in [4.69, 9.17) is 16.7 Å². The highest BCUT2D eigenvalue weighted by Gasteiger charge is 2.19. The fourth-order valence-corrected chi connectivity index (χ4v) is 3.22. The number of halogens is 1. The molecule has 0 fully saturated rings. The highest BCUT2D eigenvalue weighted by molar-refractivity contribution is 6.30. The second-order valence-corrected chi connectivity index (χ2v) is 7.21. The summed E-state index contributed by atoms with van der Waals surface area (Å²) in [4.78, 5) is 42.1. The molecule has 0 aliphatic heterocycles. The van der Waals surface area contributed by atoms with Gasteiger partial charge in [0.25, 0.3) is 5.91 Å². The molecule has 0 aliphatic carbocycles. The summed E-state index contributed by atoms with van der Waals surface area (Å²) in [6, 6.07) is 15.2. The number of amides is 1. The van der Waals surface area contributed by atoms with Crippen LogP contribution in [0.5, 0.6) is 0 Å². The highest BCUT2D eigenvalue weighted by atomic mass is 35.5. The Hall–Kier alpha value is -3.78. The van der Waals surface area contributed by atoms with Crippen LogP contribution in [0.3, 0.4) is 0 Å². The second-order valence-electron chi connectivity index (χ2n) is 6.77. The third kappa shape index (κ3) is 6.10. The van der Waals surface area contributed by atoms with Crippen LogP contribution >= 0.6 is 11.6 Å². The van der Waals surface area contributed by atoms with Crippen molar-refractivity contribution in [3.05, 3.63) is 82.9 Å². The minimum Gasteiger partial charge on any atom is -0.481 e. The zero-order chi connectivity index (χ0) is 22.4. The molecule has 0 unspecified atom stereocenters. The van der Waals surface area contributed by atoms with E-state index in [2.05, 4.69) is 15.3 Å². The van der Waals surface area contributed by atoms with Crippen molar-refractivity contribution in [2.75, 3.05) is 0 Å². The summed E-state index contributed by atoms with van der Waals surface area (Å²) in [5, 5.41) is 21.5. The first-order valence-electron chi connectivity index (χ1n) is 9.24. The number of carbonyl (C=O) groups excluding carboxylic acids is 1. The quantitative estimate of drug-likeness (QED) is 0.491. The van der Waals surface area contributed by atoms with Crippen molar-refractivity contribution in [1.82, 2.24) is 15.3 Å². The molecule has 0 aliphatic rings. The SMILES string of the molecule is O=C(O)C[C@@H](Cc1ccc(-c2cccc(Cl)c2)cc1)NC(=O)c1cc(C(=O)O)ncn1. The van der Waals surface area contributed by atoms with Crippen LogP contribution in [-0.4, -0.2) is 44.1 Å². The molecule has 8 nitrogen and oxygen atoms in total. The summed E-state index contributed by atoms with van der Waals surface area (Å²) in [6.07, 6.45) is 0.933. The Balaban J connectivity index is 1.74. The van der Waals surface area contributed by atoms with Crippen molar-refractivity contribution in [2.45, 2.75) is 18.9 Å². The molecule has 1 atom stereocenters. The van der Waals surface area contributed by atoms with Crippen LogP contribution in [-0.2, 0) is 11.2 Å². The first kappa shape index (κ1) is 21.9. The topological polar surface area (TPSA) is 129 Å². The van der Waals surface area contributed by atoms with Crippen molar-refractivity contribution < 1.29 is 24.6 Å². The Labute approximate surface area is 182 Å². The number of nitrogens with one attached hydrogen (secondary N) is 1. The van der Waals surface area contributed by atoms with Crippen molar-refractivity contribution in [1.29, 1.82) is 0 Å². The number of aromatic nitrogens is 2. The Kier molecular flexibility index (Phi) is 6.94. The smallest absolute Gasteiger partial charge is 0.354 e. The van der Waals surface area contributed by atoms with E-state index in [-0.39, 0.29) is 24.2 Å². The average Bonchev–Trinajstić information content (AvgIpc) is 2.74. The largest absolute Gasteiger partial charge is 0.481 e. The lowest BCUT2D eigenvalue weighted by Gasteiger charge is -2.17. The standard InChI is InChI=1S/C22H18ClN3O5/c23-16-3-1-2-15(9-16)14-6-4-13(5-7-14)8-17(10-20(27)28)26-21(29)18-11-19(22(30)31)25-12-24-18/h1-7,9,11-12,17H,8,10H2,(H,26,29)(H,27,28)(H,30,31)/t17-/m1/s1. The number of carboxylic acid groups (broad SMARTS) is 2. The number of rotatable bonds is 8. The van der Waals surface area contributed by atoms with E-state index in [1.807, 2.05) is 42.5 Å². The Bertz CT molecular complexity index is 1120. The maximum atomic E-state index is 12.5. The normalized spacial score (nSPS) is 11.5. The molecule has 9 heteroatoms. The zero-order valence-electron chi connectivity index (χ0n) is 16.2. The van der Waals surface area contributed by atoms with Crippen LogP contribution in [0, 0.1) is 0 Å². The van der Waals surface area contributed by atoms with Crippen LogP contribution in [0.25, 0.3) is 11.1 Å². The number of nitrogens with zero attached hydrogens (tertiary/aromatic N) is 2. The fourth-order valence-electron chi connectivity index (χ4n) is 3.03. The minimum atomic E-state index is -1.29. The molecule has 158 valence electrons. The van der Waals surface area contributed by atoms with E-state index in [1.54, 1.807) is 6.07 Å². The lowest BCUT2D eigenvalue weighted by atomic mass is 9.99. The number of carboxylic acids is 2. The maximum Gasteiger partial charge on any atom is 0.354 e. The molecule has 0 saturated carbocycles. The van der Waals surface area contributed by atoms with Gasteiger partial charge in [-0.2, -0.15) is 0 Å². The summed E-state index contributed by atoms with van der Waals surface area (Å²) in [7, 11) is 0. The molecule has 1 amide bonds. The Morgan fingerprint density at radius 2 is 1.65 bits per heavy atom. The lowest BCUT2D eigenvalue weighted by molar-refractivity contribution is -0.137. The predicted octanol–water partition coefficient (Wildman–Crippen LogP) is 3.31. The van der Waals surface area contributed by atoms with Crippen LogP contribution < -0.4 is 5.32 Å². The van der Waals surface area contributed by atoms with E-state index in [9.17, 15) is 19.5 Å². The van der Waals surface area contributed by atoms with Gasteiger partial charge in [-0.3, -0.25) is 9.59 Å². The van der Waals surface area contributed by atoms with Gasteiger partial charge in [-0.1, -0.05) is 48.0 Å². The van der Waals surface area contributed by atoms with Gasteiger partial charge in [0.1, 0.15) is 12.0 Å². The van der Waals surface area contributed by atoms with Crippen molar-refractivity contribution in [3.63, 3.8) is 0 Å². The highest BCUT2D eigenvalue weighted by Crippen LogP contribution is 2.23. The third-order valence-corrected chi connectivity index (χ3v) is 4.70.